The summed E-state index contributed by atoms with van der Waals surface area (Å²) >= 11 is 11.3. The molecule has 0 unspecified atom stereocenters. The molecule has 0 aliphatic rings. The Balaban J connectivity index is 1.79. The average molecular weight is 433 g/mol. The van der Waals surface area contributed by atoms with Crippen LogP contribution in [0.25, 0.3) is 11.4 Å². The van der Waals surface area contributed by atoms with Crippen LogP contribution >= 0.6 is 23.8 Å². The molecule has 1 amide bonds. The summed E-state index contributed by atoms with van der Waals surface area (Å²) in [5.74, 6) is 1.70. The van der Waals surface area contributed by atoms with Gasteiger partial charge in [0.05, 0.1) is 20.3 Å². The molecule has 9 heteroatoms. The van der Waals surface area contributed by atoms with Crippen LogP contribution in [0, 0.1) is 4.77 Å². The largest absolute Gasteiger partial charge is 0.497 e. The molecule has 1 atom stereocenters. The number of H-pyrrole nitrogens is 1. The van der Waals surface area contributed by atoms with Crippen molar-refractivity contribution in [3.05, 3.63) is 57.8 Å². The predicted molar refractivity (Wildman–Crippen MR) is 114 cm³/mol. The molecule has 7 nitrogen and oxygen atoms in total. The number of hydrogen-bond acceptors (Lipinski definition) is 5. The Kier molecular flexibility index (Phi) is 6.56. The molecule has 1 heterocycles. The van der Waals surface area contributed by atoms with Gasteiger partial charge in [-0.2, -0.15) is 5.10 Å². The number of benzene rings is 2. The number of halogens is 1. The number of methoxy groups -OCH3 is 2. The lowest BCUT2D eigenvalue weighted by Crippen LogP contribution is -2.30. The Morgan fingerprint density at radius 2 is 1.97 bits per heavy atom. The van der Waals surface area contributed by atoms with E-state index in [2.05, 4.69) is 15.5 Å². The molecule has 29 heavy (non-hydrogen) atoms. The van der Waals surface area contributed by atoms with Gasteiger partial charge in [0.1, 0.15) is 18.0 Å². The van der Waals surface area contributed by atoms with E-state index in [0.717, 1.165) is 11.1 Å². The number of carbonyl (C=O) groups excluding carboxylic acids is 1. The second-order valence-electron chi connectivity index (χ2n) is 6.34. The number of rotatable bonds is 7. The van der Waals surface area contributed by atoms with Gasteiger partial charge in [0, 0.05) is 16.1 Å². The fourth-order valence-electron chi connectivity index (χ4n) is 2.97. The lowest BCUT2D eigenvalue weighted by Gasteiger charge is -2.18. The lowest BCUT2D eigenvalue weighted by atomic mass is 10.1. The minimum absolute atomic E-state index is 0.0178. The summed E-state index contributed by atoms with van der Waals surface area (Å²) in [4.78, 5) is 12.7. The summed E-state index contributed by atoms with van der Waals surface area (Å²) < 4.78 is 12.7. The van der Waals surface area contributed by atoms with Crippen molar-refractivity contribution in [2.45, 2.75) is 19.5 Å². The molecule has 1 aromatic heterocycles. The fourth-order valence-corrected chi connectivity index (χ4v) is 3.29. The zero-order valence-corrected chi connectivity index (χ0v) is 17.8. The Morgan fingerprint density at radius 1 is 1.24 bits per heavy atom. The molecule has 2 aromatic carbocycles. The van der Waals surface area contributed by atoms with Crippen molar-refractivity contribution >= 4 is 29.7 Å². The second-order valence-corrected chi connectivity index (χ2v) is 7.17. The maximum atomic E-state index is 12.7. The summed E-state index contributed by atoms with van der Waals surface area (Å²) in [6.45, 7) is 1.90. The second kappa shape index (κ2) is 9.11. The van der Waals surface area contributed by atoms with Crippen LogP contribution in [0.4, 0.5) is 0 Å². The van der Waals surface area contributed by atoms with E-state index >= 15 is 0 Å². The van der Waals surface area contributed by atoms with Crippen LogP contribution in [0.15, 0.2) is 42.5 Å². The summed E-state index contributed by atoms with van der Waals surface area (Å²) in [5.41, 5.74) is 1.62. The standard InChI is InChI=1S/C20H21ClN4O3S/c1-12(16-10-15(27-2)8-9-17(16)28-3)22-18(26)11-25-19(23-24-20(25)29)13-4-6-14(21)7-5-13/h4-10,12H,11H2,1-3H3,(H,22,26)(H,24,29)/t12-/m1/s1. The van der Waals surface area contributed by atoms with Gasteiger partial charge in [-0.3, -0.25) is 14.5 Å². The van der Waals surface area contributed by atoms with E-state index in [4.69, 9.17) is 33.3 Å². The number of nitrogens with zero attached hydrogens (tertiary/aromatic N) is 2. The summed E-state index contributed by atoms with van der Waals surface area (Å²) in [7, 11) is 3.18. The first-order valence-electron chi connectivity index (χ1n) is 8.85. The molecule has 0 spiro atoms. The van der Waals surface area contributed by atoms with Gasteiger partial charge < -0.3 is 14.8 Å². The van der Waals surface area contributed by atoms with Gasteiger partial charge in [-0.1, -0.05) is 11.6 Å². The van der Waals surface area contributed by atoms with E-state index in [0.29, 0.717) is 27.1 Å². The van der Waals surface area contributed by atoms with Crippen LogP contribution in [0.1, 0.15) is 18.5 Å². The highest BCUT2D eigenvalue weighted by molar-refractivity contribution is 7.71. The predicted octanol–water partition coefficient (Wildman–Crippen LogP) is 4.16. The van der Waals surface area contributed by atoms with Gasteiger partial charge in [0.25, 0.3) is 0 Å². The molecule has 0 radical (unpaired) electrons. The topological polar surface area (TPSA) is 81.2 Å². The first-order chi connectivity index (χ1) is 13.9. The number of aromatic amines is 1. The normalized spacial score (nSPS) is 11.7. The van der Waals surface area contributed by atoms with Gasteiger partial charge in [0.15, 0.2) is 10.6 Å². The summed E-state index contributed by atoms with van der Waals surface area (Å²) in [6, 6.07) is 12.3. The molecule has 0 saturated carbocycles. The lowest BCUT2D eigenvalue weighted by molar-refractivity contribution is -0.122. The van der Waals surface area contributed by atoms with E-state index in [1.807, 2.05) is 31.2 Å². The number of amides is 1. The van der Waals surface area contributed by atoms with Gasteiger partial charge in [-0.05, 0) is 61.6 Å². The minimum Gasteiger partial charge on any atom is -0.497 e. The van der Waals surface area contributed by atoms with Gasteiger partial charge in [0.2, 0.25) is 5.91 Å². The number of hydrogen-bond donors (Lipinski definition) is 2. The van der Waals surface area contributed by atoms with Crippen LogP contribution in [0.3, 0.4) is 0 Å². The first kappa shape index (κ1) is 20.9. The Bertz CT molecular complexity index is 1060. The minimum atomic E-state index is -0.299. The highest BCUT2D eigenvalue weighted by atomic mass is 35.5. The number of carbonyl (C=O) groups is 1. The molecule has 3 rings (SSSR count). The fraction of sp³-hybridized carbons (Fsp3) is 0.250. The van der Waals surface area contributed by atoms with Crippen LogP contribution in [0.5, 0.6) is 11.5 Å². The van der Waals surface area contributed by atoms with Crippen LogP contribution in [0.2, 0.25) is 5.02 Å². The van der Waals surface area contributed by atoms with Crippen molar-refractivity contribution in [3.63, 3.8) is 0 Å². The third-order valence-corrected chi connectivity index (χ3v) is 5.01. The molecule has 0 fully saturated rings. The van der Waals surface area contributed by atoms with Crippen molar-refractivity contribution in [2.24, 2.45) is 0 Å². The molecular weight excluding hydrogens is 412 g/mol. The number of ether oxygens (including phenoxy) is 2. The van der Waals surface area contributed by atoms with Crippen molar-refractivity contribution in [2.75, 3.05) is 14.2 Å². The van der Waals surface area contributed by atoms with E-state index in [-0.39, 0.29) is 18.5 Å². The SMILES string of the molecule is COc1ccc(OC)c([C@@H](C)NC(=O)Cn2c(-c3ccc(Cl)cc3)n[nH]c2=S)c1. The maximum absolute atomic E-state index is 12.7. The molecule has 3 aromatic rings. The Morgan fingerprint density at radius 3 is 2.62 bits per heavy atom. The molecule has 152 valence electrons. The van der Waals surface area contributed by atoms with Gasteiger partial charge in [-0.25, -0.2) is 0 Å². The monoisotopic (exact) mass is 432 g/mol. The van der Waals surface area contributed by atoms with Crippen LogP contribution in [-0.2, 0) is 11.3 Å². The molecule has 2 N–H and O–H groups in total. The highest BCUT2D eigenvalue weighted by Gasteiger charge is 2.17. The molecule has 0 bridgehead atoms. The molecule has 0 aliphatic carbocycles. The van der Waals surface area contributed by atoms with E-state index in [1.165, 1.54) is 0 Å². The van der Waals surface area contributed by atoms with Gasteiger partial charge in [-0.15, -0.1) is 0 Å². The molecule has 0 saturated heterocycles. The smallest absolute Gasteiger partial charge is 0.240 e. The Hall–Kier alpha value is -2.84. The molecular formula is C20H21ClN4O3S. The van der Waals surface area contributed by atoms with Crippen LogP contribution < -0.4 is 14.8 Å². The van der Waals surface area contributed by atoms with E-state index < -0.39 is 0 Å². The number of nitrogens with one attached hydrogen (secondary N) is 2. The summed E-state index contributed by atoms with van der Waals surface area (Å²) in [6.07, 6.45) is 0. The Labute approximate surface area is 178 Å². The van der Waals surface area contributed by atoms with Crippen molar-refractivity contribution in [1.29, 1.82) is 0 Å². The number of aromatic nitrogens is 3. The van der Waals surface area contributed by atoms with Gasteiger partial charge >= 0.3 is 0 Å². The van der Waals surface area contributed by atoms with Crippen molar-refractivity contribution < 1.29 is 14.3 Å². The highest BCUT2D eigenvalue weighted by Crippen LogP contribution is 2.29. The van der Waals surface area contributed by atoms with Crippen molar-refractivity contribution in [1.82, 2.24) is 20.1 Å². The first-order valence-corrected chi connectivity index (χ1v) is 9.64. The zero-order valence-electron chi connectivity index (χ0n) is 16.2. The third-order valence-electron chi connectivity index (χ3n) is 4.44. The van der Waals surface area contributed by atoms with Crippen LogP contribution in [-0.4, -0.2) is 34.9 Å². The van der Waals surface area contributed by atoms with E-state index in [1.54, 1.807) is 37.0 Å². The summed E-state index contributed by atoms with van der Waals surface area (Å²) in [5, 5.41) is 10.6. The van der Waals surface area contributed by atoms with E-state index in [9.17, 15) is 4.79 Å². The van der Waals surface area contributed by atoms with Crippen molar-refractivity contribution in [3.8, 4) is 22.9 Å². The molecule has 0 aliphatic heterocycles. The maximum Gasteiger partial charge on any atom is 0.240 e. The zero-order chi connectivity index (χ0) is 21.0. The average Bonchev–Trinajstić information content (AvgIpc) is 3.08. The quantitative estimate of drug-likeness (QED) is 0.548. The third kappa shape index (κ3) is 4.78.